The second kappa shape index (κ2) is 5.23. The van der Waals surface area contributed by atoms with Crippen LogP contribution in [0.4, 0.5) is 14.6 Å². The number of hydrogen-bond acceptors (Lipinski definition) is 4. The van der Waals surface area contributed by atoms with E-state index in [1.54, 1.807) is 19.2 Å². The van der Waals surface area contributed by atoms with Gasteiger partial charge in [-0.15, -0.1) is 0 Å². The molecule has 0 saturated heterocycles. The first kappa shape index (κ1) is 15.1. The summed E-state index contributed by atoms with van der Waals surface area (Å²) in [4.78, 5) is 0. The van der Waals surface area contributed by atoms with Crippen molar-refractivity contribution in [3.63, 3.8) is 0 Å². The number of rotatable bonds is 4. The summed E-state index contributed by atoms with van der Waals surface area (Å²) in [6.07, 6.45) is 0. The number of nitrogens with two attached hydrogens (primary N) is 1. The van der Waals surface area contributed by atoms with Crippen LogP contribution in [0.5, 0.6) is 11.5 Å². The number of alkyl halides is 2. The smallest absolute Gasteiger partial charge is 0.274 e. The highest BCUT2D eigenvalue weighted by Crippen LogP contribution is 2.43. The van der Waals surface area contributed by atoms with Crippen molar-refractivity contribution in [3.05, 3.63) is 23.8 Å². The molecule has 114 valence electrons. The second-order valence-electron chi connectivity index (χ2n) is 4.73. The summed E-state index contributed by atoms with van der Waals surface area (Å²) >= 11 is 0. The molecule has 0 unspecified atom stereocenters. The Balaban J connectivity index is 2.68. The molecule has 1 aromatic heterocycles. The van der Waals surface area contributed by atoms with E-state index in [0.29, 0.717) is 17.1 Å². The molecule has 0 saturated carbocycles. The van der Waals surface area contributed by atoms with Crippen molar-refractivity contribution in [1.82, 2.24) is 9.78 Å². The highest BCUT2D eigenvalue weighted by atomic mass is 19.3. The summed E-state index contributed by atoms with van der Waals surface area (Å²) in [5, 5.41) is 4.18. The van der Waals surface area contributed by atoms with Crippen LogP contribution in [0.1, 0.15) is 12.5 Å². The lowest BCUT2D eigenvalue weighted by atomic mass is 10.0. The number of methoxy groups -OCH3 is 2. The highest BCUT2D eigenvalue weighted by molar-refractivity contribution is 5.68. The van der Waals surface area contributed by atoms with Crippen molar-refractivity contribution in [2.24, 2.45) is 7.05 Å². The van der Waals surface area contributed by atoms with Gasteiger partial charge >= 0.3 is 0 Å². The average molecular weight is 297 g/mol. The molecule has 0 bridgehead atoms. The molecule has 0 radical (unpaired) electrons. The molecule has 2 aromatic rings. The minimum atomic E-state index is -3.07. The molecule has 0 aliphatic heterocycles. The van der Waals surface area contributed by atoms with E-state index in [9.17, 15) is 8.78 Å². The van der Waals surface area contributed by atoms with E-state index in [1.807, 2.05) is 0 Å². The van der Waals surface area contributed by atoms with Crippen LogP contribution in [0.15, 0.2) is 18.2 Å². The Bertz CT molecular complexity index is 643. The number of nitrogen functional groups attached to an aromatic ring is 1. The van der Waals surface area contributed by atoms with E-state index < -0.39 is 5.92 Å². The number of aromatic nitrogens is 2. The maximum Gasteiger partial charge on any atom is 0.274 e. The summed E-state index contributed by atoms with van der Waals surface area (Å²) in [6, 6.07) is 4.54. The molecule has 0 atom stereocenters. The van der Waals surface area contributed by atoms with Crippen LogP contribution in [0.2, 0.25) is 0 Å². The Morgan fingerprint density at radius 3 is 2.29 bits per heavy atom. The molecule has 0 aliphatic carbocycles. The monoisotopic (exact) mass is 297 g/mol. The van der Waals surface area contributed by atoms with Gasteiger partial charge in [0.15, 0.2) is 11.5 Å². The quantitative estimate of drug-likeness (QED) is 0.942. The van der Waals surface area contributed by atoms with Gasteiger partial charge in [0.1, 0.15) is 5.82 Å². The van der Waals surface area contributed by atoms with Crippen LogP contribution in [-0.2, 0) is 13.0 Å². The molecular weight excluding hydrogens is 280 g/mol. The molecule has 2 rings (SSSR count). The SMILES string of the molecule is COc1cc(-c2cc(N)n(C)n2)cc(C(C)(F)F)c1OC. The lowest BCUT2D eigenvalue weighted by Gasteiger charge is -2.18. The lowest BCUT2D eigenvalue weighted by Crippen LogP contribution is -2.10. The van der Waals surface area contributed by atoms with Crippen molar-refractivity contribution in [2.45, 2.75) is 12.8 Å². The molecule has 2 N–H and O–H groups in total. The summed E-state index contributed by atoms with van der Waals surface area (Å²) < 4.78 is 39.3. The van der Waals surface area contributed by atoms with Crippen molar-refractivity contribution in [2.75, 3.05) is 20.0 Å². The lowest BCUT2D eigenvalue weighted by molar-refractivity contribution is 0.0148. The number of anilines is 1. The fourth-order valence-electron chi connectivity index (χ4n) is 2.06. The van der Waals surface area contributed by atoms with Crippen LogP contribution in [-0.4, -0.2) is 24.0 Å². The van der Waals surface area contributed by atoms with Crippen molar-refractivity contribution in [1.29, 1.82) is 0 Å². The van der Waals surface area contributed by atoms with Gasteiger partial charge in [-0.3, -0.25) is 4.68 Å². The zero-order valence-corrected chi connectivity index (χ0v) is 12.3. The van der Waals surface area contributed by atoms with Gasteiger partial charge < -0.3 is 15.2 Å². The summed E-state index contributed by atoms with van der Waals surface area (Å²) in [5.74, 6) is -2.41. The standard InChI is InChI=1S/C14H17F2N3O2/c1-14(15,16)9-5-8(6-11(20-3)13(9)21-4)10-7-12(17)19(2)18-10/h5-7H,17H2,1-4H3. The van der Waals surface area contributed by atoms with Crippen LogP contribution >= 0.6 is 0 Å². The third-order valence-corrected chi connectivity index (χ3v) is 3.16. The van der Waals surface area contributed by atoms with E-state index in [4.69, 9.17) is 15.2 Å². The Labute approximate surface area is 121 Å². The fraction of sp³-hybridized carbons (Fsp3) is 0.357. The van der Waals surface area contributed by atoms with Crippen LogP contribution < -0.4 is 15.2 Å². The third-order valence-electron chi connectivity index (χ3n) is 3.16. The molecule has 7 heteroatoms. The van der Waals surface area contributed by atoms with Gasteiger partial charge in [-0.05, 0) is 12.1 Å². The third kappa shape index (κ3) is 2.76. The molecule has 1 heterocycles. The Hall–Kier alpha value is -2.31. The first-order chi connectivity index (χ1) is 9.77. The van der Waals surface area contributed by atoms with E-state index >= 15 is 0 Å². The Kier molecular flexibility index (Phi) is 3.76. The van der Waals surface area contributed by atoms with Crippen molar-refractivity contribution < 1.29 is 18.3 Å². The molecule has 1 aromatic carbocycles. The Morgan fingerprint density at radius 1 is 1.19 bits per heavy atom. The number of nitrogens with zero attached hydrogens (tertiary/aromatic N) is 2. The number of ether oxygens (including phenoxy) is 2. The number of halogens is 2. The van der Waals surface area contributed by atoms with Gasteiger partial charge in [0.25, 0.3) is 5.92 Å². The van der Waals surface area contributed by atoms with Gasteiger partial charge in [-0.1, -0.05) is 0 Å². The summed E-state index contributed by atoms with van der Waals surface area (Å²) in [6.45, 7) is 0.806. The summed E-state index contributed by atoms with van der Waals surface area (Å²) in [5.41, 5.74) is 6.43. The van der Waals surface area contributed by atoms with Gasteiger partial charge in [0, 0.05) is 25.6 Å². The Morgan fingerprint density at radius 2 is 1.86 bits per heavy atom. The van der Waals surface area contributed by atoms with E-state index in [2.05, 4.69) is 5.10 Å². The van der Waals surface area contributed by atoms with Crippen LogP contribution in [0, 0.1) is 0 Å². The van der Waals surface area contributed by atoms with Gasteiger partial charge in [-0.25, -0.2) is 8.78 Å². The number of hydrogen-bond donors (Lipinski definition) is 1. The molecule has 21 heavy (non-hydrogen) atoms. The summed E-state index contributed by atoms with van der Waals surface area (Å²) in [7, 11) is 4.40. The minimum absolute atomic E-state index is 0.0117. The van der Waals surface area contributed by atoms with E-state index in [0.717, 1.165) is 6.92 Å². The largest absolute Gasteiger partial charge is 0.493 e. The molecule has 0 spiro atoms. The van der Waals surface area contributed by atoms with Gasteiger partial charge in [0.2, 0.25) is 0 Å². The first-order valence-electron chi connectivity index (χ1n) is 6.22. The van der Waals surface area contributed by atoms with Crippen LogP contribution in [0.25, 0.3) is 11.3 Å². The van der Waals surface area contributed by atoms with Gasteiger partial charge in [-0.2, -0.15) is 5.10 Å². The predicted molar refractivity (Wildman–Crippen MR) is 75.7 cm³/mol. The molecule has 0 amide bonds. The van der Waals surface area contributed by atoms with Crippen LogP contribution in [0.3, 0.4) is 0 Å². The second-order valence-corrected chi connectivity index (χ2v) is 4.73. The van der Waals surface area contributed by atoms with E-state index in [-0.39, 0.29) is 17.1 Å². The topological polar surface area (TPSA) is 62.3 Å². The molecule has 5 nitrogen and oxygen atoms in total. The first-order valence-corrected chi connectivity index (χ1v) is 6.22. The maximum absolute atomic E-state index is 13.8. The zero-order chi connectivity index (χ0) is 15.8. The normalized spacial score (nSPS) is 11.5. The average Bonchev–Trinajstić information content (AvgIpc) is 2.76. The highest BCUT2D eigenvalue weighted by Gasteiger charge is 2.31. The van der Waals surface area contributed by atoms with E-state index in [1.165, 1.54) is 25.0 Å². The fourth-order valence-corrected chi connectivity index (χ4v) is 2.06. The molecule has 0 fully saturated rings. The maximum atomic E-state index is 13.8. The van der Waals surface area contributed by atoms with Gasteiger partial charge in [0.05, 0.1) is 25.5 Å². The zero-order valence-electron chi connectivity index (χ0n) is 12.3. The molecule has 0 aliphatic rings. The number of benzene rings is 1. The molecular formula is C14H17F2N3O2. The minimum Gasteiger partial charge on any atom is -0.493 e. The number of aryl methyl sites for hydroxylation is 1. The van der Waals surface area contributed by atoms with Crippen molar-refractivity contribution >= 4 is 5.82 Å². The predicted octanol–water partition coefficient (Wildman–Crippen LogP) is 2.80. The van der Waals surface area contributed by atoms with Crippen molar-refractivity contribution in [3.8, 4) is 22.8 Å².